The van der Waals surface area contributed by atoms with E-state index < -0.39 is 12.2 Å². The molecule has 0 radical (unpaired) electrons. The third kappa shape index (κ3) is 4.53. The van der Waals surface area contributed by atoms with Gasteiger partial charge in [0, 0.05) is 12.2 Å². The van der Waals surface area contributed by atoms with E-state index in [1.54, 1.807) is 0 Å². The maximum atomic E-state index is 12.4. The van der Waals surface area contributed by atoms with Crippen molar-refractivity contribution in [3.05, 3.63) is 30.3 Å². The summed E-state index contributed by atoms with van der Waals surface area (Å²) < 4.78 is 5.90. The summed E-state index contributed by atoms with van der Waals surface area (Å²) in [6.07, 6.45) is 3.52. The SMILES string of the molecule is O=C(Nc1ccccc1)[C@@H]1O[C@H](CCN2CCCC2)CC[C@@H]1O. The second-order valence-electron chi connectivity index (χ2n) is 6.52. The summed E-state index contributed by atoms with van der Waals surface area (Å²) in [7, 11) is 0. The monoisotopic (exact) mass is 318 g/mol. The van der Waals surface area contributed by atoms with Crippen molar-refractivity contribution in [2.75, 3.05) is 25.0 Å². The molecule has 2 aliphatic rings. The number of hydrogen-bond acceptors (Lipinski definition) is 4. The summed E-state index contributed by atoms with van der Waals surface area (Å²) in [5.41, 5.74) is 0.729. The minimum Gasteiger partial charge on any atom is -0.390 e. The van der Waals surface area contributed by atoms with Crippen LogP contribution in [0.25, 0.3) is 0 Å². The lowest BCUT2D eigenvalue weighted by Gasteiger charge is -2.33. The van der Waals surface area contributed by atoms with Crippen LogP contribution in [-0.4, -0.2) is 53.9 Å². The van der Waals surface area contributed by atoms with Gasteiger partial charge in [-0.25, -0.2) is 0 Å². The summed E-state index contributed by atoms with van der Waals surface area (Å²) in [4.78, 5) is 14.8. The van der Waals surface area contributed by atoms with Gasteiger partial charge in [0.05, 0.1) is 12.2 Å². The Morgan fingerprint density at radius 1 is 1.22 bits per heavy atom. The van der Waals surface area contributed by atoms with Gasteiger partial charge in [-0.15, -0.1) is 0 Å². The summed E-state index contributed by atoms with van der Waals surface area (Å²) in [6.45, 7) is 3.37. The topological polar surface area (TPSA) is 61.8 Å². The van der Waals surface area contributed by atoms with Crippen molar-refractivity contribution < 1.29 is 14.6 Å². The number of para-hydroxylation sites is 1. The van der Waals surface area contributed by atoms with E-state index in [-0.39, 0.29) is 12.0 Å². The standard InChI is InChI=1S/C18H26N2O3/c21-16-9-8-15(10-13-20-11-4-5-12-20)23-17(16)18(22)19-14-6-2-1-3-7-14/h1-3,6-7,15-17,21H,4-5,8-13H2,(H,19,22)/t15-,16-,17+/m0/s1. The van der Waals surface area contributed by atoms with Crippen LogP contribution in [0.3, 0.4) is 0 Å². The van der Waals surface area contributed by atoms with Gasteiger partial charge < -0.3 is 20.1 Å². The van der Waals surface area contributed by atoms with Gasteiger partial charge in [-0.3, -0.25) is 4.79 Å². The number of carbonyl (C=O) groups is 1. The lowest BCUT2D eigenvalue weighted by molar-refractivity contribution is -0.153. The van der Waals surface area contributed by atoms with Crippen molar-refractivity contribution in [1.82, 2.24) is 4.90 Å². The molecule has 3 atom stereocenters. The lowest BCUT2D eigenvalue weighted by atomic mass is 9.98. The van der Waals surface area contributed by atoms with Crippen LogP contribution in [0.5, 0.6) is 0 Å². The molecule has 1 amide bonds. The van der Waals surface area contributed by atoms with Crippen LogP contribution >= 0.6 is 0 Å². The number of benzene rings is 1. The van der Waals surface area contributed by atoms with Crippen LogP contribution in [0.4, 0.5) is 5.69 Å². The normalized spacial score (nSPS) is 28.7. The molecule has 1 aromatic carbocycles. The smallest absolute Gasteiger partial charge is 0.256 e. The number of nitrogens with zero attached hydrogens (tertiary/aromatic N) is 1. The summed E-state index contributed by atoms with van der Waals surface area (Å²) in [6, 6.07) is 9.30. The van der Waals surface area contributed by atoms with Gasteiger partial charge in [-0.2, -0.15) is 0 Å². The molecule has 2 fully saturated rings. The molecule has 5 heteroatoms. The number of anilines is 1. The quantitative estimate of drug-likeness (QED) is 0.872. The van der Waals surface area contributed by atoms with Crippen LogP contribution in [0.2, 0.25) is 0 Å². The van der Waals surface area contributed by atoms with Crippen molar-refractivity contribution >= 4 is 11.6 Å². The maximum absolute atomic E-state index is 12.4. The molecule has 126 valence electrons. The molecule has 0 bridgehead atoms. The Morgan fingerprint density at radius 3 is 2.70 bits per heavy atom. The molecular formula is C18H26N2O3. The van der Waals surface area contributed by atoms with E-state index in [2.05, 4.69) is 10.2 Å². The van der Waals surface area contributed by atoms with Gasteiger partial charge in [0.1, 0.15) is 0 Å². The van der Waals surface area contributed by atoms with Gasteiger partial charge in [-0.1, -0.05) is 18.2 Å². The van der Waals surface area contributed by atoms with Crippen molar-refractivity contribution in [1.29, 1.82) is 0 Å². The molecule has 0 aliphatic carbocycles. The highest BCUT2D eigenvalue weighted by molar-refractivity contribution is 5.94. The van der Waals surface area contributed by atoms with E-state index >= 15 is 0 Å². The number of aliphatic hydroxyl groups excluding tert-OH is 1. The Labute approximate surface area is 137 Å². The van der Waals surface area contributed by atoms with Gasteiger partial charge in [0.2, 0.25) is 0 Å². The van der Waals surface area contributed by atoms with Crippen molar-refractivity contribution in [3.8, 4) is 0 Å². The molecule has 2 aliphatic heterocycles. The molecule has 2 saturated heterocycles. The van der Waals surface area contributed by atoms with E-state index in [9.17, 15) is 9.90 Å². The maximum Gasteiger partial charge on any atom is 0.256 e. The Kier molecular flexibility index (Phi) is 5.65. The van der Waals surface area contributed by atoms with Gasteiger partial charge >= 0.3 is 0 Å². The van der Waals surface area contributed by atoms with Crippen LogP contribution in [0, 0.1) is 0 Å². The number of hydrogen-bond donors (Lipinski definition) is 2. The molecule has 0 aromatic heterocycles. The predicted molar refractivity (Wildman–Crippen MR) is 89.3 cm³/mol. The van der Waals surface area contributed by atoms with E-state index in [1.165, 1.54) is 25.9 Å². The Balaban J connectivity index is 1.51. The number of ether oxygens (including phenoxy) is 1. The molecule has 5 nitrogen and oxygen atoms in total. The number of aliphatic hydroxyl groups is 1. The number of rotatable bonds is 5. The van der Waals surface area contributed by atoms with E-state index in [0.29, 0.717) is 6.42 Å². The fourth-order valence-electron chi connectivity index (χ4n) is 3.39. The van der Waals surface area contributed by atoms with Crippen LogP contribution in [0.1, 0.15) is 32.1 Å². The molecule has 1 aromatic rings. The van der Waals surface area contributed by atoms with Crippen LogP contribution in [-0.2, 0) is 9.53 Å². The predicted octanol–water partition coefficient (Wildman–Crippen LogP) is 2.02. The van der Waals surface area contributed by atoms with E-state index in [1.807, 2.05) is 30.3 Å². The minimum absolute atomic E-state index is 0.0607. The number of likely N-dealkylation sites (tertiary alicyclic amines) is 1. The van der Waals surface area contributed by atoms with Crippen LogP contribution < -0.4 is 5.32 Å². The zero-order chi connectivity index (χ0) is 16.1. The van der Waals surface area contributed by atoms with Crippen LogP contribution in [0.15, 0.2) is 30.3 Å². The molecule has 0 unspecified atom stereocenters. The van der Waals surface area contributed by atoms with Gasteiger partial charge in [0.15, 0.2) is 6.10 Å². The zero-order valence-electron chi connectivity index (χ0n) is 13.5. The minimum atomic E-state index is -0.771. The second kappa shape index (κ2) is 7.90. The molecular weight excluding hydrogens is 292 g/mol. The Morgan fingerprint density at radius 2 is 1.96 bits per heavy atom. The van der Waals surface area contributed by atoms with E-state index in [0.717, 1.165) is 25.1 Å². The highest BCUT2D eigenvalue weighted by Crippen LogP contribution is 2.24. The average Bonchev–Trinajstić information content (AvgIpc) is 3.08. The fraction of sp³-hybridized carbons (Fsp3) is 0.611. The number of amides is 1. The number of nitrogens with one attached hydrogen (secondary N) is 1. The third-order valence-corrected chi connectivity index (χ3v) is 4.74. The Hall–Kier alpha value is -1.43. The molecule has 3 rings (SSSR count). The average molecular weight is 318 g/mol. The van der Waals surface area contributed by atoms with Crippen molar-refractivity contribution in [3.63, 3.8) is 0 Å². The molecule has 0 spiro atoms. The second-order valence-corrected chi connectivity index (χ2v) is 6.52. The molecule has 2 N–H and O–H groups in total. The third-order valence-electron chi connectivity index (χ3n) is 4.74. The highest BCUT2D eigenvalue weighted by Gasteiger charge is 2.35. The highest BCUT2D eigenvalue weighted by atomic mass is 16.5. The molecule has 2 heterocycles. The fourth-order valence-corrected chi connectivity index (χ4v) is 3.39. The largest absolute Gasteiger partial charge is 0.390 e. The summed E-state index contributed by atoms with van der Waals surface area (Å²) in [5, 5.41) is 12.9. The first-order valence-corrected chi connectivity index (χ1v) is 8.64. The molecule has 0 saturated carbocycles. The molecule has 23 heavy (non-hydrogen) atoms. The van der Waals surface area contributed by atoms with Gasteiger partial charge in [0.25, 0.3) is 5.91 Å². The van der Waals surface area contributed by atoms with Gasteiger partial charge in [-0.05, 0) is 57.3 Å². The summed E-state index contributed by atoms with van der Waals surface area (Å²) in [5.74, 6) is -0.255. The first-order valence-electron chi connectivity index (χ1n) is 8.64. The Bertz CT molecular complexity index is 502. The first-order chi connectivity index (χ1) is 11.2. The summed E-state index contributed by atoms with van der Waals surface area (Å²) >= 11 is 0. The van der Waals surface area contributed by atoms with Crippen molar-refractivity contribution in [2.24, 2.45) is 0 Å². The first kappa shape index (κ1) is 16.4. The van der Waals surface area contributed by atoms with E-state index in [4.69, 9.17) is 4.74 Å². The zero-order valence-corrected chi connectivity index (χ0v) is 13.5. The van der Waals surface area contributed by atoms with Crippen molar-refractivity contribution in [2.45, 2.75) is 50.4 Å². The number of carbonyl (C=O) groups excluding carboxylic acids is 1. The lowest BCUT2D eigenvalue weighted by Crippen LogP contribution is -2.47.